The normalized spacial score (nSPS) is 16.7. The molecule has 3 nitrogen and oxygen atoms in total. The number of anilines is 1. The van der Waals surface area contributed by atoms with Crippen LogP contribution in [-0.2, 0) is 7.05 Å². The number of aryl methyl sites for hydroxylation is 1. The highest BCUT2D eigenvalue weighted by Crippen LogP contribution is 2.20. The molecule has 0 amide bonds. The number of rotatable bonds is 1. The fraction of sp³-hybridized carbons (Fsp3) is 0.571. The molecule has 0 saturated carbocycles. The Bertz CT molecular complexity index is 265. The van der Waals surface area contributed by atoms with E-state index in [9.17, 15) is 0 Å². The lowest BCUT2D eigenvalue weighted by molar-refractivity contribution is 0.589. The molecule has 0 atom stereocenters. The van der Waals surface area contributed by atoms with Crippen molar-refractivity contribution in [3.63, 3.8) is 0 Å². The van der Waals surface area contributed by atoms with Gasteiger partial charge in [0.15, 0.2) is 0 Å². The summed E-state index contributed by atoms with van der Waals surface area (Å²) in [5.74, 6) is 1.07. The second kappa shape index (κ2) is 2.52. The smallest absolute Gasteiger partial charge is 0.206 e. The Hall–Kier alpha value is -0.510. The van der Waals surface area contributed by atoms with Gasteiger partial charge in [-0.3, -0.25) is 0 Å². The third kappa shape index (κ3) is 1.15. The lowest BCUT2D eigenvalue weighted by Crippen LogP contribution is -2.38. The molecule has 0 spiro atoms. The topological polar surface area (TPSA) is 21.1 Å². The van der Waals surface area contributed by atoms with Crippen LogP contribution in [0.4, 0.5) is 5.95 Å². The lowest BCUT2D eigenvalue weighted by atomic mass is 10.2. The van der Waals surface area contributed by atoms with Crippen LogP contribution in [-0.4, -0.2) is 22.6 Å². The summed E-state index contributed by atoms with van der Waals surface area (Å²) in [5.41, 5.74) is 0. The van der Waals surface area contributed by atoms with Gasteiger partial charge in [-0.1, -0.05) is 0 Å². The maximum atomic E-state index is 4.34. The molecule has 2 rings (SSSR count). The molecule has 0 bridgehead atoms. The van der Waals surface area contributed by atoms with Crippen LogP contribution in [0, 0.1) is 0 Å². The molecule has 1 aliphatic heterocycles. The van der Waals surface area contributed by atoms with Gasteiger partial charge in [-0.15, -0.1) is 0 Å². The molecule has 60 valence electrons. The van der Waals surface area contributed by atoms with Crippen molar-refractivity contribution in [3.05, 3.63) is 10.8 Å². The summed E-state index contributed by atoms with van der Waals surface area (Å²) < 4.78 is 2.96. The zero-order chi connectivity index (χ0) is 7.84. The molecule has 0 aromatic carbocycles. The van der Waals surface area contributed by atoms with Crippen molar-refractivity contribution < 1.29 is 0 Å². The van der Waals surface area contributed by atoms with Crippen LogP contribution in [0.2, 0.25) is 0 Å². The van der Waals surface area contributed by atoms with Crippen LogP contribution in [0.1, 0.15) is 6.42 Å². The SMILES string of the molecule is Cn1cc(Br)nc1N1CCC1. The second-order valence-corrected chi connectivity index (χ2v) is 3.63. The average Bonchev–Trinajstić information content (AvgIpc) is 2.07. The monoisotopic (exact) mass is 215 g/mol. The van der Waals surface area contributed by atoms with Crippen molar-refractivity contribution in [2.75, 3.05) is 18.0 Å². The van der Waals surface area contributed by atoms with Crippen molar-refractivity contribution in [2.45, 2.75) is 6.42 Å². The van der Waals surface area contributed by atoms with E-state index < -0.39 is 0 Å². The fourth-order valence-corrected chi connectivity index (χ4v) is 1.70. The minimum Gasteiger partial charge on any atom is -0.342 e. The first-order chi connectivity index (χ1) is 5.27. The van der Waals surface area contributed by atoms with Crippen molar-refractivity contribution in [1.82, 2.24) is 9.55 Å². The van der Waals surface area contributed by atoms with Crippen molar-refractivity contribution in [2.24, 2.45) is 7.05 Å². The van der Waals surface area contributed by atoms with Gasteiger partial charge in [0, 0.05) is 26.3 Å². The quantitative estimate of drug-likeness (QED) is 0.707. The molecular weight excluding hydrogens is 206 g/mol. The fourth-order valence-electron chi connectivity index (χ4n) is 1.23. The molecule has 11 heavy (non-hydrogen) atoms. The van der Waals surface area contributed by atoms with Gasteiger partial charge in [0.2, 0.25) is 5.95 Å². The Kier molecular flexibility index (Phi) is 1.64. The molecular formula is C7H10BrN3. The summed E-state index contributed by atoms with van der Waals surface area (Å²) in [6, 6.07) is 0. The zero-order valence-corrected chi connectivity index (χ0v) is 8.00. The molecule has 1 saturated heterocycles. The molecule has 0 radical (unpaired) electrons. The van der Waals surface area contributed by atoms with E-state index in [1.54, 1.807) is 0 Å². The van der Waals surface area contributed by atoms with E-state index in [-0.39, 0.29) is 0 Å². The van der Waals surface area contributed by atoms with Gasteiger partial charge in [-0.2, -0.15) is 0 Å². The van der Waals surface area contributed by atoms with E-state index in [0.29, 0.717) is 0 Å². The van der Waals surface area contributed by atoms with Crippen molar-refractivity contribution in [3.8, 4) is 0 Å². The van der Waals surface area contributed by atoms with Gasteiger partial charge in [0.1, 0.15) is 4.60 Å². The summed E-state index contributed by atoms with van der Waals surface area (Å²) in [6.07, 6.45) is 3.28. The number of hydrogen-bond acceptors (Lipinski definition) is 2. The molecule has 0 unspecified atom stereocenters. The minimum absolute atomic E-state index is 0.918. The zero-order valence-electron chi connectivity index (χ0n) is 6.42. The van der Waals surface area contributed by atoms with Crippen molar-refractivity contribution in [1.29, 1.82) is 0 Å². The predicted octanol–water partition coefficient (Wildman–Crippen LogP) is 1.39. The van der Waals surface area contributed by atoms with E-state index in [1.165, 1.54) is 6.42 Å². The van der Waals surface area contributed by atoms with Gasteiger partial charge in [0.25, 0.3) is 0 Å². The first kappa shape index (κ1) is 7.16. The van der Waals surface area contributed by atoms with Crippen LogP contribution in [0.5, 0.6) is 0 Å². The maximum Gasteiger partial charge on any atom is 0.206 e. The third-order valence-corrected chi connectivity index (χ3v) is 2.34. The molecule has 1 fully saturated rings. The molecule has 1 aromatic heterocycles. The Morgan fingerprint density at radius 2 is 2.27 bits per heavy atom. The van der Waals surface area contributed by atoms with Gasteiger partial charge in [-0.25, -0.2) is 4.98 Å². The molecule has 4 heteroatoms. The Morgan fingerprint density at radius 3 is 2.64 bits per heavy atom. The van der Waals surface area contributed by atoms with Gasteiger partial charge >= 0.3 is 0 Å². The van der Waals surface area contributed by atoms with Crippen LogP contribution in [0.15, 0.2) is 10.8 Å². The lowest BCUT2D eigenvalue weighted by Gasteiger charge is -2.31. The third-order valence-electron chi connectivity index (χ3n) is 1.96. The second-order valence-electron chi connectivity index (χ2n) is 2.82. The molecule has 0 N–H and O–H groups in total. The van der Waals surface area contributed by atoms with Crippen molar-refractivity contribution >= 4 is 21.9 Å². The number of nitrogens with zero attached hydrogens (tertiary/aromatic N) is 3. The number of imidazole rings is 1. The highest BCUT2D eigenvalue weighted by molar-refractivity contribution is 9.10. The van der Waals surface area contributed by atoms with E-state index in [1.807, 2.05) is 17.8 Å². The van der Waals surface area contributed by atoms with Crippen LogP contribution >= 0.6 is 15.9 Å². The number of halogens is 1. The minimum atomic E-state index is 0.918. The highest BCUT2D eigenvalue weighted by atomic mass is 79.9. The largest absolute Gasteiger partial charge is 0.342 e. The average molecular weight is 216 g/mol. The molecule has 2 heterocycles. The summed E-state index contributed by atoms with van der Waals surface area (Å²) in [4.78, 5) is 6.61. The highest BCUT2D eigenvalue weighted by Gasteiger charge is 2.18. The first-order valence-electron chi connectivity index (χ1n) is 3.71. The Balaban J connectivity index is 2.28. The number of aromatic nitrogens is 2. The van der Waals surface area contributed by atoms with E-state index in [2.05, 4.69) is 25.8 Å². The molecule has 0 aliphatic carbocycles. The van der Waals surface area contributed by atoms with E-state index in [0.717, 1.165) is 23.6 Å². The van der Waals surface area contributed by atoms with Gasteiger partial charge in [-0.05, 0) is 22.4 Å². The first-order valence-corrected chi connectivity index (χ1v) is 4.50. The standard InChI is InChI=1S/C7H10BrN3/c1-10-5-6(8)9-7(10)11-3-2-4-11/h5H,2-4H2,1H3. The number of hydrogen-bond donors (Lipinski definition) is 0. The van der Waals surface area contributed by atoms with Gasteiger partial charge in [0.05, 0.1) is 0 Å². The predicted molar refractivity (Wildman–Crippen MR) is 47.7 cm³/mol. The Labute approximate surface area is 74.2 Å². The van der Waals surface area contributed by atoms with E-state index >= 15 is 0 Å². The summed E-state index contributed by atoms with van der Waals surface area (Å²) in [5, 5.41) is 0. The van der Waals surface area contributed by atoms with Crippen LogP contribution < -0.4 is 4.90 Å². The molecule has 1 aromatic rings. The van der Waals surface area contributed by atoms with Gasteiger partial charge < -0.3 is 9.47 Å². The van der Waals surface area contributed by atoms with Crippen LogP contribution in [0.25, 0.3) is 0 Å². The maximum absolute atomic E-state index is 4.34. The Morgan fingerprint density at radius 1 is 1.55 bits per heavy atom. The summed E-state index contributed by atoms with van der Waals surface area (Å²) in [7, 11) is 2.02. The summed E-state index contributed by atoms with van der Waals surface area (Å²) >= 11 is 3.35. The van der Waals surface area contributed by atoms with E-state index in [4.69, 9.17) is 0 Å². The summed E-state index contributed by atoms with van der Waals surface area (Å²) in [6.45, 7) is 2.30. The molecule has 1 aliphatic rings. The van der Waals surface area contributed by atoms with Crippen LogP contribution in [0.3, 0.4) is 0 Å².